The second-order valence-electron chi connectivity index (χ2n) is 6.87. The van der Waals surface area contributed by atoms with Crippen LogP contribution in [0.5, 0.6) is 0 Å². The van der Waals surface area contributed by atoms with Crippen molar-refractivity contribution in [1.82, 2.24) is 14.5 Å². The van der Waals surface area contributed by atoms with Crippen molar-refractivity contribution < 1.29 is 5.11 Å². The van der Waals surface area contributed by atoms with E-state index in [1.807, 2.05) is 19.4 Å². The molecular weight excluding hydrogens is 262 g/mol. The lowest BCUT2D eigenvalue weighted by molar-refractivity contribution is -0.0421. The zero-order chi connectivity index (χ0) is 14.7. The summed E-state index contributed by atoms with van der Waals surface area (Å²) in [5.74, 6) is 1.08. The molecular formula is C17H29N3O. The number of piperidine rings is 1. The first-order valence-corrected chi connectivity index (χ1v) is 8.62. The van der Waals surface area contributed by atoms with E-state index in [1.165, 1.54) is 58.0 Å². The monoisotopic (exact) mass is 291 g/mol. The number of rotatable bonds is 5. The number of aromatic nitrogens is 2. The standard InChI is InChI=1S/C17H29N3O/c1-19-14-11-18-16(19)8-7-15(21)17(9-3-4-10-17)20-12-5-2-6-13-20/h11,14-15,21H,2-10,12-13H2,1H3. The summed E-state index contributed by atoms with van der Waals surface area (Å²) in [6.07, 6.45) is 14.2. The summed E-state index contributed by atoms with van der Waals surface area (Å²) in [5.41, 5.74) is 0.0611. The summed E-state index contributed by atoms with van der Waals surface area (Å²) < 4.78 is 2.06. The summed E-state index contributed by atoms with van der Waals surface area (Å²) in [4.78, 5) is 7.01. The quantitative estimate of drug-likeness (QED) is 0.906. The molecule has 1 unspecified atom stereocenters. The molecule has 0 radical (unpaired) electrons. The number of aliphatic hydroxyl groups is 1. The molecule has 2 heterocycles. The fourth-order valence-corrected chi connectivity index (χ4v) is 4.36. The number of hydrogen-bond acceptors (Lipinski definition) is 3. The van der Waals surface area contributed by atoms with Crippen molar-refractivity contribution in [3.63, 3.8) is 0 Å². The van der Waals surface area contributed by atoms with E-state index < -0.39 is 0 Å². The Morgan fingerprint density at radius 3 is 2.52 bits per heavy atom. The average Bonchev–Trinajstić information content (AvgIpc) is 3.16. The molecule has 1 aliphatic heterocycles. The van der Waals surface area contributed by atoms with Crippen molar-refractivity contribution in [3.8, 4) is 0 Å². The zero-order valence-corrected chi connectivity index (χ0v) is 13.3. The van der Waals surface area contributed by atoms with E-state index in [-0.39, 0.29) is 11.6 Å². The Balaban J connectivity index is 1.66. The number of nitrogens with zero attached hydrogens (tertiary/aromatic N) is 3. The molecule has 1 N–H and O–H groups in total. The van der Waals surface area contributed by atoms with Crippen LogP contribution in [0.4, 0.5) is 0 Å². The summed E-state index contributed by atoms with van der Waals surface area (Å²) in [5, 5.41) is 11.0. The number of aliphatic hydroxyl groups excluding tert-OH is 1. The predicted molar refractivity (Wildman–Crippen MR) is 84.2 cm³/mol. The van der Waals surface area contributed by atoms with Gasteiger partial charge >= 0.3 is 0 Å². The third-order valence-corrected chi connectivity index (χ3v) is 5.64. The van der Waals surface area contributed by atoms with Gasteiger partial charge in [-0.15, -0.1) is 0 Å². The molecule has 2 fully saturated rings. The Morgan fingerprint density at radius 2 is 1.90 bits per heavy atom. The highest BCUT2D eigenvalue weighted by Crippen LogP contribution is 2.40. The first kappa shape index (κ1) is 15.0. The molecule has 1 atom stereocenters. The predicted octanol–water partition coefficient (Wildman–Crippen LogP) is 2.51. The van der Waals surface area contributed by atoms with E-state index in [0.29, 0.717) is 0 Å². The van der Waals surface area contributed by atoms with Gasteiger partial charge in [-0.05, 0) is 45.2 Å². The summed E-state index contributed by atoms with van der Waals surface area (Å²) in [6, 6.07) is 0. The molecule has 0 amide bonds. The largest absolute Gasteiger partial charge is 0.391 e. The molecule has 21 heavy (non-hydrogen) atoms. The lowest BCUT2D eigenvalue weighted by atomic mass is 9.84. The van der Waals surface area contributed by atoms with Crippen molar-refractivity contribution in [2.24, 2.45) is 7.05 Å². The molecule has 118 valence electrons. The summed E-state index contributed by atoms with van der Waals surface area (Å²) in [7, 11) is 2.03. The molecule has 0 bridgehead atoms. The van der Waals surface area contributed by atoms with Crippen LogP contribution in [0, 0.1) is 0 Å². The maximum absolute atomic E-state index is 11.0. The maximum Gasteiger partial charge on any atom is 0.108 e. The topological polar surface area (TPSA) is 41.3 Å². The van der Waals surface area contributed by atoms with Gasteiger partial charge < -0.3 is 9.67 Å². The van der Waals surface area contributed by atoms with Crippen LogP contribution in [0.2, 0.25) is 0 Å². The van der Waals surface area contributed by atoms with E-state index in [9.17, 15) is 5.11 Å². The van der Waals surface area contributed by atoms with Crippen LogP contribution in [-0.2, 0) is 13.5 Å². The Kier molecular flexibility index (Phi) is 4.65. The van der Waals surface area contributed by atoms with Gasteiger partial charge in [-0.25, -0.2) is 4.98 Å². The van der Waals surface area contributed by atoms with Crippen LogP contribution in [0.3, 0.4) is 0 Å². The number of likely N-dealkylation sites (tertiary alicyclic amines) is 1. The second kappa shape index (κ2) is 6.49. The normalized spacial score (nSPS) is 24.3. The van der Waals surface area contributed by atoms with Crippen molar-refractivity contribution in [3.05, 3.63) is 18.2 Å². The van der Waals surface area contributed by atoms with Crippen molar-refractivity contribution in [2.75, 3.05) is 13.1 Å². The van der Waals surface area contributed by atoms with E-state index in [2.05, 4.69) is 14.5 Å². The van der Waals surface area contributed by atoms with Crippen LogP contribution in [0.1, 0.15) is 57.2 Å². The molecule has 1 aliphatic carbocycles. The fraction of sp³-hybridized carbons (Fsp3) is 0.824. The molecule has 4 nitrogen and oxygen atoms in total. The minimum Gasteiger partial charge on any atom is -0.391 e. The summed E-state index contributed by atoms with van der Waals surface area (Å²) in [6.45, 7) is 2.36. The molecule has 3 rings (SSSR count). The molecule has 1 aromatic rings. The van der Waals surface area contributed by atoms with Gasteiger partial charge in [-0.2, -0.15) is 0 Å². The van der Waals surface area contributed by atoms with E-state index in [0.717, 1.165) is 18.7 Å². The van der Waals surface area contributed by atoms with Crippen LogP contribution in [0.15, 0.2) is 12.4 Å². The van der Waals surface area contributed by atoms with Crippen molar-refractivity contribution >= 4 is 0 Å². The molecule has 2 aliphatic rings. The Labute approximate surface area is 128 Å². The van der Waals surface area contributed by atoms with Crippen LogP contribution in [-0.4, -0.2) is 44.3 Å². The number of imidazole rings is 1. The molecule has 1 saturated carbocycles. The summed E-state index contributed by atoms with van der Waals surface area (Å²) >= 11 is 0. The molecule has 0 spiro atoms. The van der Waals surface area contributed by atoms with Crippen LogP contribution in [0.25, 0.3) is 0 Å². The average molecular weight is 291 g/mol. The highest BCUT2D eigenvalue weighted by Gasteiger charge is 2.45. The molecule has 1 saturated heterocycles. The van der Waals surface area contributed by atoms with Crippen LogP contribution >= 0.6 is 0 Å². The van der Waals surface area contributed by atoms with Crippen molar-refractivity contribution in [1.29, 1.82) is 0 Å². The minimum absolute atomic E-state index is 0.0611. The van der Waals surface area contributed by atoms with E-state index in [1.54, 1.807) is 0 Å². The third kappa shape index (κ3) is 3.02. The molecule has 0 aromatic carbocycles. The first-order valence-electron chi connectivity index (χ1n) is 8.62. The smallest absolute Gasteiger partial charge is 0.108 e. The Morgan fingerprint density at radius 1 is 1.19 bits per heavy atom. The SMILES string of the molecule is Cn1ccnc1CCC(O)C1(N2CCCCC2)CCCC1. The van der Waals surface area contributed by atoms with Crippen molar-refractivity contribution in [2.45, 2.75) is 69.4 Å². The van der Waals surface area contributed by atoms with Gasteiger partial charge in [-0.3, -0.25) is 4.90 Å². The van der Waals surface area contributed by atoms with E-state index in [4.69, 9.17) is 0 Å². The minimum atomic E-state index is -0.213. The van der Waals surface area contributed by atoms with Gasteiger partial charge in [0, 0.05) is 31.4 Å². The lowest BCUT2D eigenvalue weighted by Gasteiger charge is -2.46. The Hall–Kier alpha value is -0.870. The second-order valence-corrected chi connectivity index (χ2v) is 6.87. The molecule has 1 aromatic heterocycles. The van der Waals surface area contributed by atoms with E-state index >= 15 is 0 Å². The van der Waals surface area contributed by atoms with Gasteiger partial charge in [0.05, 0.1) is 6.10 Å². The zero-order valence-electron chi connectivity index (χ0n) is 13.3. The maximum atomic E-state index is 11.0. The Bertz CT molecular complexity index is 445. The van der Waals surface area contributed by atoms with Gasteiger partial charge in [0.2, 0.25) is 0 Å². The van der Waals surface area contributed by atoms with Gasteiger partial charge in [0.15, 0.2) is 0 Å². The third-order valence-electron chi connectivity index (χ3n) is 5.64. The molecule has 4 heteroatoms. The van der Waals surface area contributed by atoms with Gasteiger partial charge in [-0.1, -0.05) is 19.3 Å². The van der Waals surface area contributed by atoms with Crippen LogP contribution < -0.4 is 0 Å². The highest BCUT2D eigenvalue weighted by molar-refractivity contribution is 5.02. The highest BCUT2D eigenvalue weighted by atomic mass is 16.3. The first-order chi connectivity index (χ1) is 10.2. The van der Waals surface area contributed by atoms with Gasteiger partial charge in [0.1, 0.15) is 5.82 Å². The van der Waals surface area contributed by atoms with Gasteiger partial charge in [0.25, 0.3) is 0 Å². The number of aryl methyl sites for hydroxylation is 2. The number of hydrogen-bond donors (Lipinski definition) is 1. The fourth-order valence-electron chi connectivity index (χ4n) is 4.36. The lowest BCUT2D eigenvalue weighted by Crippen LogP contribution is -2.56.